The summed E-state index contributed by atoms with van der Waals surface area (Å²) in [4.78, 5) is 27.5. The standard InChI is InChI=1S/C27H27N5O3S2/c1-5-15-32-24(19-11-13-20(14-12-19)31(2)3)29-30-27(32)37-17-22(33)28-25-23(26(34)35-4)21(16-36-25)18-9-7-6-8-10-18/h5-14,16H,1,15,17H2,2-4H3,(H,28,33). The quantitative estimate of drug-likeness (QED) is 0.165. The first-order chi connectivity index (χ1) is 17.9. The van der Waals surface area contributed by atoms with Crippen molar-refractivity contribution in [1.82, 2.24) is 14.8 Å². The minimum atomic E-state index is -0.501. The Balaban J connectivity index is 1.50. The lowest BCUT2D eigenvalue weighted by atomic mass is 10.0. The maximum absolute atomic E-state index is 12.9. The van der Waals surface area contributed by atoms with Gasteiger partial charge in [-0.15, -0.1) is 28.1 Å². The van der Waals surface area contributed by atoms with E-state index in [-0.39, 0.29) is 11.7 Å². The molecule has 0 aliphatic heterocycles. The second-order valence-electron chi connectivity index (χ2n) is 8.19. The SMILES string of the molecule is C=CCn1c(SCC(=O)Nc2scc(-c3ccccc3)c2C(=O)OC)nnc1-c1ccc(N(C)C)cc1. The van der Waals surface area contributed by atoms with Gasteiger partial charge >= 0.3 is 5.97 Å². The number of carbonyl (C=O) groups excluding carboxylic acids is 2. The molecule has 0 unspecified atom stereocenters. The Morgan fingerprint density at radius 2 is 1.84 bits per heavy atom. The van der Waals surface area contributed by atoms with Gasteiger partial charge in [0.1, 0.15) is 10.6 Å². The molecule has 4 rings (SSSR count). The fourth-order valence-electron chi connectivity index (χ4n) is 3.69. The molecule has 2 aromatic heterocycles. The topological polar surface area (TPSA) is 89.3 Å². The van der Waals surface area contributed by atoms with Crippen LogP contribution in [0, 0.1) is 0 Å². The van der Waals surface area contributed by atoms with Crippen LogP contribution in [0.25, 0.3) is 22.5 Å². The first-order valence-corrected chi connectivity index (χ1v) is 13.3. The first kappa shape index (κ1) is 26.2. The monoisotopic (exact) mass is 533 g/mol. The number of thiophene rings is 1. The molecule has 1 amide bonds. The summed E-state index contributed by atoms with van der Waals surface area (Å²) in [6.45, 7) is 4.35. The molecule has 10 heteroatoms. The molecule has 0 radical (unpaired) electrons. The number of amides is 1. The Morgan fingerprint density at radius 3 is 2.49 bits per heavy atom. The molecular formula is C27H27N5O3S2. The Labute approximate surface area is 224 Å². The number of rotatable bonds is 10. The molecular weight excluding hydrogens is 506 g/mol. The molecule has 0 fully saturated rings. The molecule has 37 heavy (non-hydrogen) atoms. The van der Waals surface area contributed by atoms with Crippen molar-refractivity contribution >= 4 is 45.7 Å². The van der Waals surface area contributed by atoms with Gasteiger partial charge in [0.15, 0.2) is 11.0 Å². The molecule has 2 aromatic carbocycles. The molecule has 2 heterocycles. The van der Waals surface area contributed by atoms with Crippen LogP contribution < -0.4 is 10.2 Å². The van der Waals surface area contributed by atoms with E-state index < -0.39 is 5.97 Å². The number of methoxy groups -OCH3 is 1. The van der Waals surface area contributed by atoms with Crippen LogP contribution in [0.4, 0.5) is 10.7 Å². The molecule has 0 aliphatic carbocycles. The number of nitrogens with zero attached hydrogens (tertiary/aromatic N) is 4. The molecule has 0 saturated heterocycles. The summed E-state index contributed by atoms with van der Waals surface area (Å²) in [6.07, 6.45) is 1.77. The highest BCUT2D eigenvalue weighted by molar-refractivity contribution is 7.99. The largest absolute Gasteiger partial charge is 0.465 e. The molecule has 0 atom stereocenters. The van der Waals surface area contributed by atoms with E-state index in [0.717, 1.165) is 22.4 Å². The molecule has 1 N–H and O–H groups in total. The number of anilines is 2. The number of thioether (sulfide) groups is 1. The van der Waals surface area contributed by atoms with Gasteiger partial charge < -0.3 is 15.0 Å². The lowest BCUT2D eigenvalue weighted by Crippen LogP contribution is -2.16. The summed E-state index contributed by atoms with van der Waals surface area (Å²) >= 11 is 2.56. The lowest BCUT2D eigenvalue weighted by Gasteiger charge is -2.13. The Hall–Kier alpha value is -3.89. The van der Waals surface area contributed by atoms with Gasteiger partial charge in [-0.05, 0) is 29.8 Å². The van der Waals surface area contributed by atoms with Crippen LogP contribution in [-0.4, -0.2) is 53.6 Å². The van der Waals surface area contributed by atoms with Crippen molar-refractivity contribution in [2.45, 2.75) is 11.7 Å². The van der Waals surface area contributed by atoms with E-state index >= 15 is 0 Å². The fourth-order valence-corrected chi connectivity index (χ4v) is 5.41. The van der Waals surface area contributed by atoms with Gasteiger partial charge in [0.05, 0.1) is 12.9 Å². The number of hydrogen-bond acceptors (Lipinski definition) is 8. The van der Waals surface area contributed by atoms with Gasteiger partial charge in [-0.2, -0.15) is 0 Å². The first-order valence-electron chi connectivity index (χ1n) is 11.4. The number of carbonyl (C=O) groups is 2. The van der Waals surface area contributed by atoms with Crippen molar-refractivity contribution in [1.29, 1.82) is 0 Å². The Morgan fingerprint density at radius 1 is 1.11 bits per heavy atom. The van der Waals surface area contributed by atoms with E-state index in [4.69, 9.17) is 4.74 Å². The van der Waals surface area contributed by atoms with Gasteiger partial charge in [0.25, 0.3) is 0 Å². The number of allylic oxidation sites excluding steroid dienone is 1. The van der Waals surface area contributed by atoms with Crippen LogP contribution in [0.3, 0.4) is 0 Å². The van der Waals surface area contributed by atoms with E-state index in [9.17, 15) is 9.59 Å². The fraction of sp³-hybridized carbons (Fsp3) is 0.185. The Bertz CT molecular complexity index is 1400. The minimum Gasteiger partial charge on any atom is -0.465 e. The summed E-state index contributed by atoms with van der Waals surface area (Å²) in [6, 6.07) is 17.6. The van der Waals surface area contributed by atoms with Crippen molar-refractivity contribution in [3.05, 3.63) is 78.2 Å². The van der Waals surface area contributed by atoms with Gasteiger partial charge in [-0.1, -0.05) is 48.2 Å². The average Bonchev–Trinajstić information content (AvgIpc) is 3.52. The van der Waals surface area contributed by atoms with Crippen LogP contribution in [0.1, 0.15) is 10.4 Å². The van der Waals surface area contributed by atoms with Gasteiger partial charge in [0, 0.05) is 42.8 Å². The molecule has 0 aliphatic rings. The van der Waals surface area contributed by atoms with Crippen LogP contribution in [-0.2, 0) is 16.1 Å². The zero-order valence-electron chi connectivity index (χ0n) is 20.8. The summed E-state index contributed by atoms with van der Waals surface area (Å²) < 4.78 is 6.92. The summed E-state index contributed by atoms with van der Waals surface area (Å²) in [7, 11) is 5.30. The van der Waals surface area contributed by atoms with Crippen LogP contribution in [0.2, 0.25) is 0 Å². The number of esters is 1. The summed E-state index contributed by atoms with van der Waals surface area (Å²) in [5.41, 5.74) is 3.94. The Kier molecular flexibility index (Phi) is 8.42. The molecule has 0 spiro atoms. The van der Waals surface area contributed by atoms with Crippen molar-refractivity contribution in [2.24, 2.45) is 0 Å². The van der Waals surface area contributed by atoms with E-state index in [1.54, 1.807) is 6.08 Å². The summed E-state index contributed by atoms with van der Waals surface area (Å²) in [5.74, 6) is 0.0285. The highest BCUT2D eigenvalue weighted by Gasteiger charge is 2.23. The van der Waals surface area contributed by atoms with Crippen molar-refractivity contribution in [3.8, 4) is 22.5 Å². The molecule has 4 aromatic rings. The molecule has 0 saturated carbocycles. The predicted octanol–water partition coefficient (Wildman–Crippen LogP) is 5.44. The van der Waals surface area contributed by atoms with Crippen LogP contribution in [0.15, 0.2) is 77.8 Å². The normalized spacial score (nSPS) is 10.7. The highest BCUT2D eigenvalue weighted by Crippen LogP contribution is 2.36. The number of benzene rings is 2. The van der Waals surface area contributed by atoms with Crippen molar-refractivity contribution in [2.75, 3.05) is 37.2 Å². The van der Waals surface area contributed by atoms with Gasteiger partial charge in [-0.3, -0.25) is 9.36 Å². The predicted molar refractivity (Wildman–Crippen MR) is 150 cm³/mol. The summed E-state index contributed by atoms with van der Waals surface area (Å²) in [5, 5.41) is 14.5. The van der Waals surface area contributed by atoms with Crippen LogP contribution in [0.5, 0.6) is 0 Å². The zero-order chi connectivity index (χ0) is 26.4. The molecule has 190 valence electrons. The lowest BCUT2D eigenvalue weighted by molar-refractivity contribution is -0.113. The van der Waals surface area contributed by atoms with Crippen molar-refractivity contribution < 1.29 is 14.3 Å². The highest BCUT2D eigenvalue weighted by atomic mass is 32.2. The van der Waals surface area contributed by atoms with Crippen molar-refractivity contribution in [3.63, 3.8) is 0 Å². The molecule has 8 nitrogen and oxygen atoms in total. The second kappa shape index (κ2) is 11.9. The average molecular weight is 534 g/mol. The van der Waals surface area contributed by atoms with Gasteiger partial charge in [0.2, 0.25) is 5.91 Å². The number of ether oxygens (including phenoxy) is 1. The molecule has 0 bridgehead atoms. The van der Waals surface area contributed by atoms with E-state index in [1.807, 2.05) is 83.5 Å². The van der Waals surface area contributed by atoms with E-state index in [0.29, 0.717) is 28.1 Å². The van der Waals surface area contributed by atoms with Gasteiger partial charge in [-0.25, -0.2) is 4.79 Å². The number of hydrogen-bond donors (Lipinski definition) is 1. The third-order valence-corrected chi connectivity index (χ3v) is 7.38. The minimum absolute atomic E-state index is 0.0913. The van der Waals surface area contributed by atoms with E-state index in [1.165, 1.54) is 30.2 Å². The smallest absolute Gasteiger partial charge is 0.341 e. The number of aromatic nitrogens is 3. The van der Waals surface area contributed by atoms with E-state index in [2.05, 4.69) is 22.1 Å². The third kappa shape index (κ3) is 5.92. The maximum Gasteiger partial charge on any atom is 0.341 e. The second-order valence-corrected chi connectivity index (χ2v) is 10.0. The number of nitrogens with one attached hydrogen (secondary N) is 1. The maximum atomic E-state index is 12.9. The van der Waals surface area contributed by atoms with Crippen LogP contribution >= 0.6 is 23.1 Å². The zero-order valence-corrected chi connectivity index (χ0v) is 22.4. The third-order valence-electron chi connectivity index (χ3n) is 5.52.